The number of halogens is 3. The summed E-state index contributed by atoms with van der Waals surface area (Å²) in [5.74, 6) is -2.05. The Kier molecular flexibility index (Phi) is 5.04. The fraction of sp³-hybridized carbons (Fsp3) is 0.409. The number of H-pyrrole nitrogens is 1. The van der Waals surface area contributed by atoms with E-state index in [1.165, 1.54) is 0 Å². The van der Waals surface area contributed by atoms with Crippen molar-refractivity contribution in [3.05, 3.63) is 42.1 Å². The van der Waals surface area contributed by atoms with Gasteiger partial charge in [-0.05, 0) is 44.0 Å². The van der Waals surface area contributed by atoms with Crippen molar-refractivity contribution in [2.75, 3.05) is 13.1 Å². The van der Waals surface area contributed by atoms with E-state index >= 15 is 0 Å². The number of ether oxygens (including phenoxy) is 2. The first-order valence-corrected chi connectivity index (χ1v) is 10.4. The van der Waals surface area contributed by atoms with E-state index in [4.69, 9.17) is 9.47 Å². The number of carbonyl (C=O) groups is 1. The highest BCUT2D eigenvalue weighted by atomic mass is 19.4. The summed E-state index contributed by atoms with van der Waals surface area (Å²) in [6, 6.07) is 11.3. The van der Waals surface area contributed by atoms with Gasteiger partial charge < -0.3 is 14.5 Å². The first kappa shape index (κ1) is 20.7. The lowest BCUT2D eigenvalue weighted by Crippen LogP contribution is -2.61. The Morgan fingerprint density at radius 2 is 1.91 bits per heavy atom. The normalized spacial score (nSPS) is 25.1. The quantitative estimate of drug-likeness (QED) is 0.614. The van der Waals surface area contributed by atoms with E-state index in [9.17, 15) is 18.0 Å². The summed E-state index contributed by atoms with van der Waals surface area (Å²) in [6.45, 7) is 3.11. The minimum atomic E-state index is -5.05. The summed E-state index contributed by atoms with van der Waals surface area (Å²) in [4.78, 5) is 16.4. The molecule has 7 nitrogen and oxygen atoms in total. The van der Waals surface area contributed by atoms with Gasteiger partial charge in [-0.1, -0.05) is 6.07 Å². The van der Waals surface area contributed by atoms with Crippen LogP contribution < -0.4 is 4.74 Å². The number of hydrogen-bond acceptors (Lipinski definition) is 6. The molecule has 3 aromatic rings. The van der Waals surface area contributed by atoms with Crippen molar-refractivity contribution in [2.24, 2.45) is 5.92 Å². The Balaban J connectivity index is 1.34. The molecule has 3 aliphatic rings. The van der Waals surface area contributed by atoms with Crippen molar-refractivity contribution in [3.8, 4) is 17.1 Å². The molecular weight excluding hydrogens is 425 g/mol. The maximum atomic E-state index is 12.7. The van der Waals surface area contributed by atoms with Crippen LogP contribution in [0.4, 0.5) is 13.2 Å². The SMILES string of the molecule is Cc1cc2cc(-c3ccc(O[C@@H]4C5CCN(CC5)C4OC(=O)C(F)(F)F)nn3)ccc2[nH]1. The average molecular weight is 446 g/mol. The summed E-state index contributed by atoms with van der Waals surface area (Å²) in [6.07, 6.45) is -5.37. The van der Waals surface area contributed by atoms with Crippen LogP contribution in [0.5, 0.6) is 5.88 Å². The number of piperidine rings is 3. The summed E-state index contributed by atoms with van der Waals surface area (Å²) in [5, 5.41) is 9.41. The van der Waals surface area contributed by atoms with Crippen molar-refractivity contribution in [3.63, 3.8) is 0 Å². The molecular formula is C22H21F3N4O3. The van der Waals surface area contributed by atoms with E-state index in [2.05, 4.69) is 15.2 Å². The molecule has 0 saturated carbocycles. The molecule has 1 N–H and O–H groups in total. The zero-order valence-electron chi connectivity index (χ0n) is 17.2. The third kappa shape index (κ3) is 3.90. The summed E-state index contributed by atoms with van der Waals surface area (Å²) < 4.78 is 49.0. The average Bonchev–Trinajstić information content (AvgIpc) is 3.15. The third-order valence-electron chi connectivity index (χ3n) is 6.09. The first-order chi connectivity index (χ1) is 15.3. The van der Waals surface area contributed by atoms with Gasteiger partial charge in [0.2, 0.25) is 5.88 Å². The molecule has 10 heteroatoms. The summed E-state index contributed by atoms with van der Waals surface area (Å²) in [7, 11) is 0. The fourth-order valence-corrected chi connectivity index (χ4v) is 4.53. The Bertz CT molecular complexity index is 1140. The van der Waals surface area contributed by atoms with Crippen molar-refractivity contribution in [2.45, 2.75) is 38.3 Å². The van der Waals surface area contributed by atoms with Crippen LogP contribution >= 0.6 is 0 Å². The number of carbonyl (C=O) groups excluding carboxylic acids is 1. The lowest BCUT2D eigenvalue weighted by atomic mass is 9.84. The van der Waals surface area contributed by atoms with E-state index in [1.54, 1.807) is 17.0 Å². The van der Waals surface area contributed by atoms with Crippen LogP contribution in [0.15, 0.2) is 36.4 Å². The molecule has 0 spiro atoms. The van der Waals surface area contributed by atoms with Gasteiger partial charge in [0.05, 0.1) is 5.69 Å². The molecule has 0 aliphatic carbocycles. The Morgan fingerprint density at radius 3 is 2.59 bits per heavy atom. The van der Waals surface area contributed by atoms with E-state index < -0.39 is 24.5 Å². The predicted molar refractivity (Wildman–Crippen MR) is 109 cm³/mol. The second kappa shape index (κ2) is 7.77. The fourth-order valence-electron chi connectivity index (χ4n) is 4.53. The van der Waals surface area contributed by atoms with Gasteiger partial charge >= 0.3 is 12.1 Å². The molecule has 1 aromatic carbocycles. The highest BCUT2D eigenvalue weighted by molar-refractivity contribution is 5.85. The van der Waals surface area contributed by atoms with Gasteiger partial charge in [-0.15, -0.1) is 10.2 Å². The standard InChI is InChI=1S/C22H21F3N4O3/c1-12-10-15-11-14(2-3-16(15)26-12)17-4-5-18(28-27-17)31-19-13-6-8-29(9-7-13)20(19)32-21(30)22(23,24)25/h2-5,10-11,13,19-20,26H,6-9H2,1H3/t19-,20?/m1/s1. The molecule has 2 aromatic heterocycles. The van der Waals surface area contributed by atoms with Crippen LogP contribution in [0.2, 0.25) is 0 Å². The number of fused-ring (bicyclic) bond motifs is 4. The van der Waals surface area contributed by atoms with Gasteiger partial charge in [0.1, 0.15) is 0 Å². The molecule has 6 rings (SSSR count). The highest BCUT2D eigenvalue weighted by Gasteiger charge is 2.50. The number of hydrogen-bond donors (Lipinski definition) is 1. The van der Waals surface area contributed by atoms with Crippen molar-refractivity contribution in [1.29, 1.82) is 0 Å². The number of aromatic amines is 1. The number of esters is 1. The number of nitrogens with one attached hydrogen (secondary N) is 1. The molecule has 32 heavy (non-hydrogen) atoms. The molecule has 3 fully saturated rings. The minimum Gasteiger partial charge on any atom is -0.468 e. The van der Waals surface area contributed by atoms with Gasteiger partial charge in [0.15, 0.2) is 12.3 Å². The third-order valence-corrected chi connectivity index (χ3v) is 6.09. The molecule has 2 bridgehead atoms. The molecule has 5 heterocycles. The maximum Gasteiger partial charge on any atom is 0.490 e. The van der Waals surface area contributed by atoms with Gasteiger partial charge in [-0.25, -0.2) is 4.79 Å². The van der Waals surface area contributed by atoms with Crippen LogP contribution in [-0.4, -0.2) is 57.6 Å². The summed E-state index contributed by atoms with van der Waals surface area (Å²) in [5.41, 5.74) is 3.62. The number of aryl methyl sites for hydroxylation is 1. The number of alkyl halides is 3. The molecule has 3 saturated heterocycles. The van der Waals surface area contributed by atoms with Gasteiger partial charge in [0, 0.05) is 47.2 Å². The smallest absolute Gasteiger partial charge is 0.468 e. The van der Waals surface area contributed by atoms with E-state index in [1.807, 2.05) is 31.2 Å². The molecule has 1 unspecified atom stereocenters. The van der Waals surface area contributed by atoms with Gasteiger partial charge in [0.25, 0.3) is 0 Å². The topological polar surface area (TPSA) is 80.3 Å². The monoisotopic (exact) mass is 446 g/mol. The van der Waals surface area contributed by atoms with Crippen LogP contribution in [-0.2, 0) is 9.53 Å². The lowest BCUT2D eigenvalue weighted by molar-refractivity contribution is -0.233. The molecule has 2 atom stereocenters. The van der Waals surface area contributed by atoms with Crippen LogP contribution in [0.3, 0.4) is 0 Å². The molecule has 0 radical (unpaired) electrons. The molecule has 0 amide bonds. The maximum absolute atomic E-state index is 12.7. The lowest BCUT2D eigenvalue weighted by Gasteiger charge is -2.48. The van der Waals surface area contributed by atoms with Crippen LogP contribution in [0, 0.1) is 12.8 Å². The number of nitrogens with zero attached hydrogens (tertiary/aromatic N) is 3. The van der Waals surface area contributed by atoms with Crippen molar-refractivity contribution >= 4 is 16.9 Å². The largest absolute Gasteiger partial charge is 0.490 e. The second-order valence-electron chi connectivity index (χ2n) is 8.26. The first-order valence-electron chi connectivity index (χ1n) is 10.4. The Hall–Kier alpha value is -3.14. The van der Waals surface area contributed by atoms with Crippen LogP contribution in [0.1, 0.15) is 18.5 Å². The van der Waals surface area contributed by atoms with Crippen molar-refractivity contribution < 1.29 is 27.4 Å². The van der Waals surface area contributed by atoms with E-state index in [-0.39, 0.29) is 11.8 Å². The van der Waals surface area contributed by atoms with E-state index in [0.717, 1.165) is 35.0 Å². The summed E-state index contributed by atoms with van der Waals surface area (Å²) >= 11 is 0. The van der Waals surface area contributed by atoms with Gasteiger partial charge in [-0.2, -0.15) is 13.2 Å². The number of benzene rings is 1. The van der Waals surface area contributed by atoms with Crippen molar-refractivity contribution in [1.82, 2.24) is 20.1 Å². The zero-order chi connectivity index (χ0) is 22.5. The molecule has 168 valence electrons. The zero-order valence-corrected chi connectivity index (χ0v) is 17.2. The Labute approximate surface area is 181 Å². The van der Waals surface area contributed by atoms with Crippen LogP contribution in [0.25, 0.3) is 22.2 Å². The number of rotatable bonds is 4. The number of aromatic nitrogens is 3. The van der Waals surface area contributed by atoms with Gasteiger partial charge in [-0.3, -0.25) is 4.90 Å². The molecule has 3 aliphatic heterocycles. The Morgan fingerprint density at radius 1 is 1.12 bits per heavy atom. The second-order valence-corrected chi connectivity index (χ2v) is 8.26. The minimum absolute atomic E-state index is 0.0215. The van der Waals surface area contributed by atoms with E-state index in [0.29, 0.717) is 18.8 Å². The highest BCUT2D eigenvalue weighted by Crippen LogP contribution is 2.36. The predicted octanol–water partition coefficient (Wildman–Crippen LogP) is 3.84.